The minimum Gasteiger partial charge on any atom is -0.461 e. The third kappa shape index (κ3) is 4.85. The predicted molar refractivity (Wildman–Crippen MR) is 170 cm³/mol. The Hall–Kier alpha value is -2.81. The van der Waals surface area contributed by atoms with E-state index in [1.807, 2.05) is 4.31 Å². The van der Waals surface area contributed by atoms with E-state index >= 15 is 4.39 Å². The normalized spacial score (nSPS) is 29.6. The topological polar surface area (TPSA) is 95.7 Å². The van der Waals surface area contributed by atoms with Crippen molar-refractivity contribution >= 4 is 56.0 Å². The molecular formula is C31H35F3N8OS2. The van der Waals surface area contributed by atoms with Crippen LogP contribution in [0.1, 0.15) is 56.2 Å². The molecule has 3 aromatic rings. The van der Waals surface area contributed by atoms with Gasteiger partial charge in [-0.25, -0.2) is 18.2 Å². The summed E-state index contributed by atoms with van der Waals surface area (Å²) in [6.45, 7) is 3.69. The van der Waals surface area contributed by atoms with E-state index in [1.54, 1.807) is 6.07 Å². The van der Waals surface area contributed by atoms with E-state index in [2.05, 4.69) is 20.1 Å². The molecule has 1 aliphatic carbocycles. The molecule has 1 saturated carbocycles. The van der Waals surface area contributed by atoms with Gasteiger partial charge in [0.15, 0.2) is 16.8 Å². The monoisotopic (exact) mass is 656 g/mol. The average Bonchev–Trinajstić information content (AvgIpc) is 3.28. The number of nitrogens with one attached hydrogen (secondary N) is 1. The van der Waals surface area contributed by atoms with E-state index in [1.165, 1.54) is 18.0 Å². The number of hydrogen-bond acceptors (Lipinski definition) is 11. The Morgan fingerprint density at radius 3 is 2.69 bits per heavy atom. The predicted octanol–water partition coefficient (Wildman–Crippen LogP) is 5.23. The zero-order chi connectivity index (χ0) is 30.4. The molecule has 4 atom stereocenters. The third-order valence-electron chi connectivity index (χ3n) is 10.3. The summed E-state index contributed by atoms with van der Waals surface area (Å²) in [6.07, 6.45) is 5.75. The summed E-state index contributed by atoms with van der Waals surface area (Å²) in [4.78, 5) is 19.2. The number of fused-ring (bicyclic) bond motifs is 5. The van der Waals surface area contributed by atoms with Crippen molar-refractivity contribution in [3.8, 4) is 6.01 Å². The van der Waals surface area contributed by atoms with Crippen LogP contribution in [0, 0.1) is 11.7 Å². The Labute approximate surface area is 267 Å². The molecule has 5 aliphatic heterocycles. The summed E-state index contributed by atoms with van der Waals surface area (Å²) in [7, 11) is 0. The molecule has 1 aromatic carbocycles. The Morgan fingerprint density at radius 1 is 1.07 bits per heavy atom. The summed E-state index contributed by atoms with van der Waals surface area (Å²) in [5, 5.41) is 3.90. The third-order valence-corrected chi connectivity index (χ3v) is 12.3. The first kappa shape index (κ1) is 28.4. The zero-order valence-corrected chi connectivity index (χ0v) is 26.4. The van der Waals surface area contributed by atoms with Crippen molar-refractivity contribution in [2.45, 2.75) is 73.6 Å². The highest BCUT2D eigenvalue weighted by molar-refractivity contribution is 7.97. The smallest absolute Gasteiger partial charge is 0.319 e. The molecule has 2 aromatic heterocycles. The Balaban J connectivity index is 1.17. The molecule has 2 bridgehead atoms. The Morgan fingerprint density at radius 2 is 1.89 bits per heavy atom. The van der Waals surface area contributed by atoms with Gasteiger partial charge in [-0.1, -0.05) is 11.3 Å². The maximum atomic E-state index is 17.2. The molecule has 7 heterocycles. The Bertz CT molecular complexity index is 1710. The fourth-order valence-electron chi connectivity index (χ4n) is 8.02. The molecular weight excluding hydrogens is 622 g/mol. The number of rotatable bonds is 7. The van der Waals surface area contributed by atoms with E-state index in [9.17, 15) is 8.78 Å². The summed E-state index contributed by atoms with van der Waals surface area (Å²) >= 11 is 2.51. The standard InChI is InChI=1S/C31H35F3N8OS2/c32-17-10-31(8-1-9-41(31)12-17)15-43-30-38-24-22(34)25(20-6-7-21(33)26-23(20)37-29(35)44-26)42(11-16-2-3-16)45-27(24)28(39-30)40-13-18-4-5-19(14-40)36-18/h6-7,16-19,36H,1-5,8-15H2,(H2,35,37)/t17?,18?,19?,31-/m0/s1. The van der Waals surface area contributed by atoms with Crippen molar-refractivity contribution in [1.82, 2.24) is 29.5 Å². The Kier molecular flexibility index (Phi) is 6.70. The fraction of sp³-hybridized carbons (Fsp3) is 0.581. The van der Waals surface area contributed by atoms with E-state index in [0.29, 0.717) is 69.7 Å². The summed E-state index contributed by atoms with van der Waals surface area (Å²) < 4.78 is 55.2. The van der Waals surface area contributed by atoms with E-state index in [0.717, 1.165) is 69.5 Å². The van der Waals surface area contributed by atoms with Crippen molar-refractivity contribution < 1.29 is 17.9 Å². The van der Waals surface area contributed by atoms with Gasteiger partial charge in [0.25, 0.3) is 0 Å². The lowest BCUT2D eigenvalue weighted by molar-refractivity contribution is 0.107. The maximum Gasteiger partial charge on any atom is 0.319 e. The highest BCUT2D eigenvalue weighted by atomic mass is 32.2. The molecule has 3 unspecified atom stereocenters. The number of thiazole rings is 1. The van der Waals surface area contributed by atoms with E-state index in [-0.39, 0.29) is 29.0 Å². The van der Waals surface area contributed by atoms with Crippen LogP contribution in [0.2, 0.25) is 0 Å². The van der Waals surface area contributed by atoms with Crippen LogP contribution in [0.15, 0.2) is 17.0 Å². The first-order chi connectivity index (χ1) is 21.8. The van der Waals surface area contributed by atoms with Gasteiger partial charge in [0.2, 0.25) is 0 Å². The van der Waals surface area contributed by atoms with Gasteiger partial charge in [0.05, 0.1) is 21.5 Å². The lowest BCUT2D eigenvalue weighted by Gasteiger charge is -2.37. The SMILES string of the molecule is Nc1nc2c(C3=C(F)c4nc(OC[C@@]56CCCN5CC(F)C6)nc(N5CC6CCC(C5)N6)c4SN3CC3CC3)ccc(F)c2s1. The second-order valence-electron chi connectivity index (χ2n) is 13.5. The highest BCUT2D eigenvalue weighted by Crippen LogP contribution is 2.52. The molecule has 0 spiro atoms. The van der Waals surface area contributed by atoms with Crippen LogP contribution >= 0.6 is 23.3 Å². The minimum atomic E-state index is -0.880. The molecule has 6 aliphatic rings. The van der Waals surface area contributed by atoms with Gasteiger partial charge >= 0.3 is 6.01 Å². The van der Waals surface area contributed by atoms with Crippen molar-refractivity contribution in [3.63, 3.8) is 0 Å². The van der Waals surface area contributed by atoms with Crippen molar-refractivity contribution in [2.24, 2.45) is 5.92 Å². The molecule has 0 amide bonds. The maximum absolute atomic E-state index is 17.2. The number of aromatic nitrogens is 3. The lowest BCUT2D eigenvalue weighted by atomic mass is 9.95. The molecule has 9 rings (SSSR count). The van der Waals surface area contributed by atoms with E-state index < -0.39 is 17.8 Å². The zero-order valence-electron chi connectivity index (χ0n) is 24.8. The van der Waals surface area contributed by atoms with Crippen LogP contribution in [-0.4, -0.2) is 87.3 Å². The highest BCUT2D eigenvalue weighted by Gasteiger charge is 2.49. The van der Waals surface area contributed by atoms with Gasteiger partial charge < -0.3 is 25.0 Å². The number of piperazine rings is 1. The molecule has 9 nitrogen and oxygen atoms in total. The number of anilines is 2. The van der Waals surface area contributed by atoms with Crippen LogP contribution in [0.25, 0.3) is 21.7 Å². The molecule has 5 fully saturated rings. The average molecular weight is 657 g/mol. The number of alkyl halides is 1. The van der Waals surface area contributed by atoms with Crippen LogP contribution in [0.4, 0.5) is 24.1 Å². The largest absolute Gasteiger partial charge is 0.461 e. The molecule has 0 radical (unpaired) electrons. The molecule has 14 heteroatoms. The van der Waals surface area contributed by atoms with Crippen LogP contribution < -0.4 is 20.7 Å². The molecule has 45 heavy (non-hydrogen) atoms. The van der Waals surface area contributed by atoms with Gasteiger partial charge in [-0.15, -0.1) is 0 Å². The van der Waals surface area contributed by atoms with Gasteiger partial charge in [0, 0.05) is 50.2 Å². The van der Waals surface area contributed by atoms with E-state index in [4.69, 9.17) is 20.4 Å². The van der Waals surface area contributed by atoms with Crippen molar-refractivity contribution in [1.29, 1.82) is 0 Å². The summed E-state index contributed by atoms with van der Waals surface area (Å²) in [6, 6.07) is 3.74. The van der Waals surface area contributed by atoms with Crippen molar-refractivity contribution in [2.75, 3.05) is 50.0 Å². The first-order valence-corrected chi connectivity index (χ1v) is 17.6. The number of benzene rings is 1. The summed E-state index contributed by atoms with van der Waals surface area (Å²) in [5.41, 5.74) is 6.95. The number of nitrogen functional groups attached to an aromatic ring is 1. The number of nitrogens with two attached hydrogens (primary N) is 1. The van der Waals surface area contributed by atoms with Gasteiger partial charge in [0.1, 0.15) is 29.2 Å². The van der Waals surface area contributed by atoms with Crippen LogP contribution in [-0.2, 0) is 0 Å². The van der Waals surface area contributed by atoms with Gasteiger partial charge in [-0.2, -0.15) is 9.97 Å². The van der Waals surface area contributed by atoms with Gasteiger partial charge in [-0.05, 0) is 75.1 Å². The second kappa shape index (κ2) is 10.6. The molecule has 238 valence electrons. The number of hydrogen-bond donors (Lipinski definition) is 2. The quantitative estimate of drug-likeness (QED) is 0.329. The molecule has 4 saturated heterocycles. The number of halogens is 3. The second-order valence-corrected chi connectivity index (χ2v) is 15.6. The van der Waals surface area contributed by atoms with Crippen LogP contribution in [0.3, 0.4) is 0 Å². The summed E-state index contributed by atoms with van der Waals surface area (Å²) in [5.74, 6) is 0.171. The van der Waals surface area contributed by atoms with Gasteiger partial charge in [-0.3, -0.25) is 4.90 Å². The molecule has 3 N–H and O–H groups in total. The lowest BCUT2D eigenvalue weighted by Crippen LogP contribution is -2.51. The number of nitrogens with zero attached hydrogens (tertiary/aromatic N) is 6. The fourth-order valence-corrected chi connectivity index (χ4v) is 10.0. The van der Waals surface area contributed by atoms with Crippen LogP contribution in [0.5, 0.6) is 6.01 Å². The van der Waals surface area contributed by atoms with Crippen molar-refractivity contribution in [3.05, 3.63) is 29.2 Å². The minimum absolute atomic E-state index is 0.103. The first-order valence-electron chi connectivity index (χ1n) is 16.0. The number of ether oxygens (including phenoxy) is 1.